The Morgan fingerprint density at radius 2 is 1.81 bits per heavy atom. The number of halogens is 3. The third-order valence-electron chi connectivity index (χ3n) is 9.05. The van der Waals surface area contributed by atoms with Gasteiger partial charge in [0.25, 0.3) is 5.92 Å². The van der Waals surface area contributed by atoms with Crippen molar-refractivity contribution < 1.29 is 13.9 Å². The fourth-order valence-electron chi connectivity index (χ4n) is 6.16. The summed E-state index contributed by atoms with van der Waals surface area (Å²) in [6.07, 6.45) is 3.31. The first-order chi connectivity index (χ1) is 19.8. The maximum atomic E-state index is 14.5. The number of aromatic nitrogens is 2. The quantitative estimate of drug-likeness (QED) is 0.185. The molecular formula is C30H48ClF2N7O2. The molecular weight excluding hydrogens is 564 g/mol. The van der Waals surface area contributed by atoms with E-state index >= 15 is 0 Å². The Morgan fingerprint density at radius 1 is 1.12 bits per heavy atom. The molecule has 3 aliphatic rings. The highest BCUT2D eigenvalue weighted by Crippen LogP contribution is 2.38. The van der Waals surface area contributed by atoms with Crippen LogP contribution in [-0.2, 0) is 13.1 Å². The predicted molar refractivity (Wildman–Crippen MR) is 164 cm³/mol. The van der Waals surface area contributed by atoms with E-state index in [0.29, 0.717) is 26.1 Å². The second-order valence-corrected chi connectivity index (χ2v) is 14.0. The van der Waals surface area contributed by atoms with E-state index in [0.717, 1.165) is 42.1 Å². The zero-order valence-electron chi connectivity index (χ0n) is 25.3. The van der Waals surface area contributed by atoms with Crippen LogP contribution in [0.15, 0.2) is 23.0 Å². The Hall–Kier alpha value is -1.76. The van der Waals surface area contributed by atoms with Crippen molar-refractivity contribution in [3.63, 3.8) is 0 Å². The molecule has 1 saturated carbocycles. The lowest BCUT2D eigenvalue weighted by atomic mass is 9.87. The molecule has 3 unspecified atom stereocenters. The van der Waals surface area contributed by atoms with Gasteiger partial charge in [-0.05, 0) is 76.7 Å². The second kappa shape index (κ2) is 12.7. The molecule has 5 atom stereocenters. The molecule has 2 aliphatic heterocycles. The molecule has 5 rings (SSSR count). The number of hydrogen-bond acceptors (Lipinski definition) is 7. The fourth-order valence-corrected chi connectivity index (χ4v) is 6.38. The van der Waals surface area contributed by atoms with Crippen LogP contribution in [0, 0.1) is 17.8 Å². The topological polar surface area (TPSA) is 98.5 Å². The molecule has 1 aromatic heterocycles. The summed E-state index contributed by atoms with van der Waals surface area (Å²) >= 11 is 6.71. The lowest BCUT2D eigenvalue weighted by Crippen LogP contribution is -2.70. The number of fused-ring (bicyclic) bond motifs is 1. The van der Waals surface area contributed by atoms with Gasteiger partial charge in [-0.2, -0.15) is 0 Å². The number of hydrogen-bond donors (Lipinski definition) is 5. The molecule has 5 N–H and O–H groups in total. The summed E-state index contributed by atoms with van der Waals surface area (Å²) in [5, 5.41) is 23.9. The first-order valence-electron chi connectivity index (χ1n) is 15.5. The van der Waals surface area contributed by atoms with Crippen LogP contribution >= 0.6 is 11.6 Å². The maximum Gasteiger partial charge on any atom is 0.329 e. The standard InChI is InChI=1S/C30H48ClF2N7O2/c1-19-17-38(18-20(2)30(19,32)33)27-35-16-23(31)26(37-27)36-22-8-9-24-25(14-22)40(13-10-29(3,4)42)28(41)39(24)12-5-11-34-15-21-6-7-21/h8-9,14,19-21,23,26-27,34-37,42H,5-7,10-13,15-18H2,1-4H3/t19-,20+,23?,26?,27?. The number of aliphatic hydroxyl groups is 1. The number of piperidine rings is 1. The average molecular weight is 612 g/mol. The van der Waals surface area contributed by atoms with Crippen molar-refractivity contribution in [2.24, 2.45) is 17.8 Å². The van der Waals surface area contributed by atoms with E-state index in [1.807, 2.05) is 27.7 Å². The lowest BCUT2D eigenvalue weighted by Gasteiger charge is -2.47. The number of nitrogens with zero attached hydrogens (tertiary/aromatic N) is 3. The number of likely N-dealkylation sites (tertiary alicyclic amines) is 1. The van der Waals surface area contributed by atoms with Crippen LogP contribution < -0.4 is 27.0 Å². The zero-order valence-corrected chi connectivity index (χ0v) is 26.1. The summed E-state index contributed by atoms with van der Waals surface area (Å²) in [6, 6.07) is 5.89. The molecule has 2 saturated heterocycles. The molecule has 1 aliphatic carbocycles. The number of nitrogens with one attached hydrogen (secondary N) is 4. The van der Waals surface area contributed by atoms with Crippen molar-refractivity contribution in [3.05, 3.63) is 28.7 Å². The van der Waals surface area contributed by atoms with Crippen LogP contribution in [0.1, 0.15) is 53.4 Å². The van der Waals surface area contributed by atoms with Gasteiger partial charge in [-0.1, -0.05) is 13.8 Å². The van der Waals surface area contributed by atoms with Crippen LogP contribution in [0.5, 0.6) is 0 Å². The van der Waals surface area contributed by atoms with Gasteiger partial charge in [-0.3, -0.25) is 24.7 Å². The molecule has 0 amide bonds. The predicted octanol–water partition coefficient (Wildman–Crippen LogP) is 3.40. The van der Waals surface area contributed by atoms with Gasteiger partial charge in [0.15, 0.2) is 0 Å². The van der Waals surface area contributed by atoms with Crippen LogP contribution in [0.25, 0.3) is 11.0 Å². The Balaban J connectivity index is 1.31. The summed E-state index contributed by atoms with van der Waals surface area (Å²) < 4.78 is 32.5. The first-order valence-corrected chi connectivity index (χ1v) is 15.9. The number of imidazole rings is 1. The summed E-state index contributed by atoms with van der Waals surface area (Å²) in [6.45, 7) is 10.7. The highest BCUT2D eigenvalue weighted by molar-refractivity contribution is 6.21. The summed E-state index contributed by atoms with van der Waals surface area (Å²) in [5.74, 6) is -3.36. The first kappa shape index (κ1) is 31.7. The molecule has 9 nitrogen and oxygen atoms in total. The van der Waals surface area contributed by atoms with Crippen molar-refractivity contribution in [3.8, 4) is 0 Å². The summed E-state index contributed by atoms with van der Waals surface area (Å²) in [4.78, 5) is 15.6. The van der Waals surface area contributed by atoms with Crippen LogP contribution in [0.4, 0.5) is 14.5 Å². The second-order valence-electron chi connectivity index (χ2n) is 13.4. The monoisotopic (exact) mass is 611 g/mol. The zero-order chi connectivity index (χ0) is 30.2. The van der Waals surface area contributed by atoms with Crippen LogP contribution in [-0.4, -0.2) is 81.2 Å². The Labute approximate surface area is 252 Å². The molecule has 42 heavy (non-hydrogen) atoms. The average Bonchev–Trinajstić information content (AvgIpc) is 3.71. The van der Waals surface area contributed by atoms with Crippen molar-refractivity contribution in [1.29, 1.82) is 0 Å². The van der Waals surface area contributed by atoms with Gasteiger partial charge in [-0.15, -0.1) is 11.6 Å². The highest BCUT2D eigenvalue weighted by atomic mass is 35.5. The molecule has 3 fully saturated rings. The number of rotatable bonds is 12. The molecule has 2 aromatic rings. The Morgan fingerprint density at radius 3 is 2.48 bits per heavy atom. The number of aryl methyl sites for hydroxylation is 2. The van der Waals surface area contributed by atoms with E-state index in [4.69, 9.17) is 11.6 Å². The largest absolute Gasteiger partial charge is 0.390 e. The third kappa shape index (κ3) is 7.30. The summed E-state index contributed by atoms with van der Waals surface area (Å²) in [5.41, 5.74) is 1.49. The molecule has 0 radical (unpaired) electrons. The SMILES string of the molecule is C[C@@H]1CN(C2NCC(Cl)C(Nc3ccc4c(c3)n(CCC(C)(C)O)c(=O)n4CCCNCC3CC3)N2)C[C@H](C)C1(F)F. The molecule has 3 heterocycles. The third-order valence-corrected chi connectivity index (χ3v) is 9.46. The van der Waals surface area contributed by atoms with Gasteiger partial charge in [-0.25, -0.2) is 13.6 Å². The van der Waals surface area contributed by atoms with Crippen molar-refractivity contribution >= 4 is 28.3 Å². The minimum absolute atomic E-state index is 0.0750. The van der Waals surface area contributed by atoms with Crippen molar-refractivity contribution in [2.45, 2.75) is 95.8 Å². The van der Waals surface area contributed by atoms with E-state index in [1.165, 1.54) is 12.8 Å². The molecule has 236 valence electrons. The lowest BCUT2D eigenvalue weighted by molar-refractivity contribution is -0.150. The van der Waals surface area contributed by atoms with E-state index in [2.05, 4.69) is 21.3 Å². The van der Waals surface area contributed by atoms with Gasteiger partial charge in [0.05, 0.1) is 28.2 Å². The molecule has 0 bridgehead atoms. The van der Waals surface area contributed by atoms with E-state index < -0.39 is 23.4 Å². The van der Waals surface area contributed by atoms with Crippen LogP contribution in [0.3, 0.4) is 0 Å². The molecule has 12 heteroatoms. The highest BCUT2D eigenvalue weighted by Gasteiger charge is 2.49. The van der Waals surface area contributed by atoms with Crippen molar-refractivity contribution in [2.75, 3.05) is 38.0 Å². The summed E-state index contributed by atoms with van der Waals surface area (Å²) in [7, 11) is 0. The van der Waals surface area contributed by atoms with Gasteiger partial charge in [0, 0.05) is 50.2 Å². The normalized spacial score (nSPS) is 28.8. The van der Waals surface area contributed by atoms with E-state index in [9.17, 15) is 18.7 Å². The van der Waals surface area contributed by atoms with E-state index in [-0.39, 0.29) is 36.6 Å². The van der Waals surface area contributed by atoms with Gasteiger partial charge in [0.2, 0.25) is 0 Å². The number of benzene rings is 1. The maximum absolute atomic E-state index is 14.5. The van der Waals surface area contributed by atoms with Gasteiger partial charge >= 0.3 is 5.69 Å². The number of anilines is 1. The molecule has 0 spiro atoms. The number of alkyl halides is 3. The smallest absolute Gasteiger partial charge is 0.329 e. The Kier molecular flexibility index (Phi) is 9.57. The fraction of sp³-hybridized carbons (Fsp3) is 0.767. The van der Waals surface area contributed by atoms with Crippen molar-refractivity contribution in [1.82, 2.24) is 30.0 Å². The van der Waals surface area contributed by atoms with E-state index in [1.54, 1.807) is 32.3 Å². The van der Waals surface area contributed by atoms with Gasteiger partial charge < -0.3 is 15.7 Å². The Bertz CT molecular complexity index is 1260. The minimum Gasteiger partial charge on any atom is -0.390 e. The van der Waals surface area contributed by atoms with Gasteiger partial charge in [0.1, 0.15) is 6.29 Å². The van der Waals surface area contributed by atoms with Crippen LogP contribution in [0.2, 0.25) is 0 Å². The minimum atomic E-state index is -2.68. The molecule has 1 aromatic carbocycles.